The molecule has 1 aliphatic heterocycles. The molecule has 0 N–H and O–H groups in total. The lowest BCUT2D eigenvalue weighted by Crippen LogP contribution is -2.42. The van der Waals surface area contributed by atoms with Crippen LogP contribution in [-0.2, 0) is 6.54 Å². The molecule has 0 spiro atoms. The van der Waals surface area contributed by atoms with E-state index in [2.05, 4.69) is 42.3 Å². The number of hydrogen-bond donors (Lipinski definition) is 0. The molecule has 2 nitrogen and oxygen atoms in total. The maximum atomic E-state index is 5.18. The summed E-state index contributed by atoms with van der Waals surface area (Å²) < 4.78 is 5.18. The van der Waals surface area contributed by atoms with Crippen LogP contribution in [-0.4, -0.2) is 33.2 Å². The van der Waals surface area contributed by atoms with Gasteiger partial charge in [0.25, 0.3) is 0 Å². The minimum atomic E-state index is -0.826. The Labute approximate surface area is 106 Å². The van der Waals surface area contributed by atoms with E-state index < -0.39 is 8.07 Å². The first-order chi connectivity index (χ1) is 8.09. The van der Waals surface area contributed by atoms with Crippen LogP contribution in [0, 0.1) is 0 Å². The minimum absolute atomic E-state index is 0.826. The quantitative estimate of drug-likeness (QED) is 0.763. The summed E-state index contributed by atoms with van der Waals surface area (Å²) in [7, 11) is 0.889. The summed E-state index contributed by atoms with van der Waals surface area (Å²) in [5, 5.41) is 0. The van der Waals surface area contributed by atoms with E-state index in [1.807, 2.05) is 0 Å². The predicted molar refractivity (Wildman–Crippen MR) is 75.4 cm³/mol. The summed E-state index contributed by atoms with van der Waals surface area (Å²) in [4.78, 5) is 2.58. The van der Waals surface area contributed by atoms with Gasteiger partial charge in [-0.25, -0.2) is 0 Å². The third-order valence-electron chi connectivity index (χ3n) is 3.77. The van der Waals surface area contributed by atoms with Crippen LogP contribution in [0.15, 0.2) is 24.3 Å². The van der Waals surface area contributed by atoms with Crippen molar-refractivity contribution in [2.45, 2.75) is 31.7 Å². The Hall–Kier alpha value is -0.803. The summed E-state index contributed by atoms with van der Waals surface area (Å²) in [6.07, 6.45) is 0. The van der Waals surface area contributed by atoms with Crippen molar-refractivity contribution >= 4 is 8.07 Å². The number of nitrogens with zero attached hydrogens (tertiary/aromatic N) is 1. The molecule has 2 rings (SSSR count). The first-order valence-corrected chi connectivity index (χ1v) is 9.86. The molecular formula is C14H23NOSi. The Kier molecular flexibility index (Phi) is 3.89. The zero-order valence-corrected chi connectivity index (χ0v) is 12.2. The molecule has 0 aromatic heterocycles. The number of benzene rings is 1. The lowest BCUT2D eigenvalue weighted by molar-refractivity contribution is 0.281. The molecule has 0 unspecified atom stereocenters. The van der Waals surface area contributed by atoms with Crippen molar-refractivity contribution in [3.8, 4) is 5.75 Å². The van der Waals surface area contributed by atoms with E-state index in [1.165, 1.54) is 30.7 Å². The monoisotopic (exact) mass is 249 g/mol. The van der Waals surface area contributed by atoms with Gasteiger partial charge in [0.15, 0.2) is 0 Å². The molecule has 1 saturated heterocycles. The lowest BCUT2D eigenvalue weighted by Gasteiger charge is -2.35. The second-order valence-corrected chi connectivity index (χ2v) is 11.1. The van der Waals surface area contributed by atoms with Gasteiger partial charge in [-0.2, -0.15) is 0 Å². The minimum Gasteiger partial charge on any atom is -0.497 e. The largest absolute Gasteiger partial charge is 0.497 e. The molecule has 94 valence electrons. The summed E-state index contributed by atoms with van der Waals surface area (Å²) in [6, 6.07) is 11.4. The molecule has 1 aromatic rings. The fraction of sp³-hybridized carbons (Fsp3) is 0.571. The smallest absolute Gasteiger partial charge is 0.118 e. The van der Waals surface area contributed by atoms with Gasteiger partial charge in [-0.1, -0.05) is 25.2 Å². The molecule has 17 heavy (non-hydrogen) atoms. The van der Waals surface area contributed by atoms with E-state index in [9.17, 15) is 0 Å². The Bertz CT molecular complexity index is 351. The molecule has 0 bridgehead atoms. The molecule has 3 heteroatoms. The molecule has 1 aromatic carbocycles. The van der Waals surface area contributed by atoms with E-state index in [4.69, 9.17) is 4.74 Å². The van der Waals surface area contributed by atoms with Crippen molar-refractivity contribution < 1.29 is 4.74 Å². The second kappa shape index (κ2) is 5.23. The second-order valence-electron chi connectivity index (χ2n) is 5.79. The maximum absolute atomic E-state index is 5.18. The average Bonchev–Trinajstić information content (AvgIpc) is 2.33. The van der Waals surface area contributed by atoms with Gasteiger partial charge in [-0.3, -0.25) is 4.90 Å². The zero-order chi connectivity index (χ0) is 12.3. The third-order valence-corrected chi connectivity index (χ3v) is 6.93. The Morgan fingerprint density at radius 1 is 1.12 bits per heavy atom. The van der Waals surface area contributed by atoms with Crippen molar-refractivity contribution in [3.63, 3.8) is 0 Å². The highest BCUT2D eigenvalue weighted by Crippen LogP contribution is 2.23. The van der Waals surface area contributed by atoms with Gasteiger partial charge in [0.2, 0.25) is 0 Å². The molecule has 0 aliphatic carbocycles. The van der Waals surface area contributed by atoms with Gasteiger partial charge >= 0.3 is 0 Å². The van der Waals surface area contributed by atoms with Crippen LogP contribution in [0.2, 0.25) is 25.2 Å². The fourth-order valence-corrected chi connectivity index (χ4v) is 4.40. The normalized spacial score (nSPS) is 20.2. The maximum Gasteiger partial charge on any atom is 0.118 e. The van der Waals surface area contributed by atoms with Crippen LogP contribution >= 0.6 is 0 Å². The van der Waals surface area contributed by atoms with E-state index in [0.29, 0.717) is 0 Å². The van der Waals surface area contributed by atoms with Gasteiger partial charge in [0.1, 0.15) is 5.75 Å². The Morgan fingerprint density at radius 3 is 2.24 bits per heavy atom. The molecule has 0 atom stereocenters. The zero-order valence-electron chi connectivity index (χ0n) is 11.2. The van der Waals surface area contributed by atoms with E-state index in [-0.39, 0.29) is 0 Å². The van der Waals surface area contributed by atoms with Gasteiger partial charge in [0.05, 0.1) is 7.11 Å². The topological polar surface area (TPSA) is 12.5 Å². The molecule has 0 amide bonds. The highest BCUT2D eigenvalue weighted by molar-refractivity contribution is 6.77. The van der Waals surface area contributed by atoms with E-state index in [1.54, 1.807) is 7.11 Å². The molecule has 1 heterocycles. The van der Waals surface area contributed by atoms with Crippen LogP contribution in [0.4, 0.5) is 0 Å². The van der Waals surface area contributed by atoms with E-state index in [0.717, 1.165) is 12.3 Å². The van der Waals surface area contributed by atoms with Gasteiger partial charge in [0, 0.05) is 14.6 Å². The van der Waals surface area contributed by atoms with Crippen molar-refractivity contribution in [2.24, 2.45) is 0 Å². The predicted octanol–water partition coefficient (Wildman–Crippen LogP) is 3.22. The average molecular weight is 249 g/mol. The SMILES string of the molecule is COc1ccc(CN2CC[Si](C)(C)CC2)cc1. The van der Waals surface area contributed by atoms with Crippen molar-refractivity contribution in [2.75, 3.05) is 20.2 Å². The van der Waals surface area contributed by atoms with Gasteiger partial charge in [-0.15, -0.1) is 0 Å². The summed E-state index contributed by atoms with van der Waals surface area (Å²) in [5.41, 5.74) is 1.40. The number of methoxy groups -OCH3 is 1. The summed E-state index contributed by atoms with van der Waals surface area (Å²) >= 11 is 0. The van der Waals surface area contributed by atoms with Crippen molar-refractivity contribution in [1.29, 1.82) is 0 Å². The standard InChI is InChI=1S/C14H23NOSi/c1-16-14-6-4-13(5-7-14)12-15-8-10-17(2,3)11-9-15/h4-7H,8-12H2,1-3H3. The van der Waals surface area contributed by atoms with Crippen molar-refractivity contribution in [1.82, 2.24) is 4.90 Å². The summed E-state index contributed by atoms with van der Waals surface area (Å²) in [5.74, 6) is 0.945. The molecule has 1 aliphatic rings. The van der Waals surface area contributed by atoms with Gasteiger partial charge in [-0.05, 0) is 42.9 Å². The van der Waals surface area contributed by atoms with Crippen molar-refractivity contribution in [3.05, 3.63) is 29.8 Å². The van der Waals surface area contributed by atoms with Crippen LogP contribution in [0.3, 0.4) is 0 Å². The number of hydrogen-bond acceptors (Lipinski definition) is 2. The van der Waals surface area contributed by atoms with Crippen LogP contribution < -0.4 is 4.74 Å². The van der Waals surface area contributed by atoms with Gasteiger partial charge < -0.3 is 4.74 Å². The molecule has 1 fully saturated rings. The highest BCUT2D eigenvalue weighted by atomic mass is 28.3. The van der Waals surface area contributed by atoms with Crippen LogP contribution in [0.25, 0.3) is 0 Å². The number of rotatable bonds is 3. The Morgan fingerprint density at radius 2 is 1.71 bits per heavy atom. The van der Waals surface area contributed by atoms with E-state index >= 15 is 0 Å². The van der Waals surface area contributed by atoms with Crippen LogP contribution in [0.5, 0.6) is 5.75 Å². The fourth-order valence-electron chi connectivity index (χ4n) is 2.31. The van der Waals surface area contributed by atoms with Crippen LogP contribution in [0.1, 0.15) is 5.56 Å². The highest BCUT2D eigenvalue weighted by Gasteiger charge is 2.26. The third kappa shape index (κ3) is 3.58. The Balaban J connectivity index is 1.89. The molecule has 0 saturated carbocycles. The number of ether oxygens (including phenoxy) is 1. The molecular weight excluding hydrogens is 226 g/mol. The lowest BCUT2D eigenvalue weighted by atomic mass is 10.2. The summed E-state index contributed by atoms with van der Waals surface area (Å²) in [6.45, 7) is 8.68. The first kappa shape index (κ1) is 12.6. The first-order valence-electron chi connectivity index (χ1n) is 6.44. The molecule has 0 radical (unpaired) electrons.